The molecule has 4 rings (SSSR count). The first kappa shape index (κ1) is 40.3. The van der Waals surface area contributed by atoms with E-state index in [-0.39, 0.29) is 62.0 Å². The van der Waals surface area contributed by atoms with E-state index < -0.39 is 66.1 Å². The molecule has 286 valence electrons. The number of hydrogen-bond acceptors (Lipinski definition) is 11. The second-order valence-electron chi connectivity index (χ2n) is 12.7. The summed E-state index contributed by atoms with van der Waals surface area (Å²) in [6.07, 6.45) is 1.15. The summed E-state index contributed by atoms with van der Waals surface area (Å²) in [6.45, 7) is 5.15. The van der Waals surface area contributed by atoms with Crippen molar-refractivity contribution in [3.05, 3.63) is 78.1 Å². The molecule has 3 N–H and O–H groups in total. The maximum atomic E-state index is 13.7. The Kier molecular flexibility index (Phi) is 14.0. The van der Waals surface area contributed by atoms with Crippen LogP contribution in [0.3, 0.4) is 0 Å². The number of oxazole rings is 1. The normalized spacial score (nSPS) is 23.6. The van der Waals surface area contributed by atoms with Crippen LogP contribution >= 0.6 is 0 Å². The van der Waals surface area contributed by atoms with E-state index in [9.17, 15) is 42.3 Å². The van der Waals surface area contributed by atoms with Crippen molar-refractivity contribution in [1.82, 2.24) is 15.2 Å². The van der Waals surface area contributed by atoms with Crippen molar-refractivity contribution in [2.75, 3.05) is 25.0 Å². The molecular formula is C36H41F3N4O10. The number of nitrogens with zero attached hydrogens (tertiary/aromatic N) is 2. The fraction of sp³-hybridized carbons (Fsp3) is 0.444. The average Bonchev–Trinajstić information content (AvgIpc) is 3.77. The third kappa shape index (κ3) is 12.6. The zero-order chi connectivity index (χ0) is 38.7. The highest BCUT2D eigenvalue weighted by atomic mass is 19.4. The number of allylic oxidation sites excluding steroid dienone is 2. The Hall–Kier alpha value is -5.45. The lowest BCUT2D eigenvalue weighted by Crippen LogP contribution is -2.44. The van der Waals surface area contributed by atoms with Crippen LogP contribution in [-0.4, -0.2) is 89.0 Å². The van der Waals surface area contributed by atoms with Gasteiger partial charge in [0, 0.05) is 37.0 Å². The first-order valence-electron chi connectivity index (χ1n) is 16.8. The van der Waals surface area contributed by atoms with Gasteiger partial charge in [0.25, 0.3) is 5.91 Å². The number of carbonyl (C=O) groups is 5. The fourth-order valence-corrected chi connectivity index (χ4v) is 5.75. The molecule has 0 aliphatic carbocycles. The van der Waals surface area contributed by atoms with Crippen LogP contribution in [-0.2, 0) is 30.3 Å². The number of benzene rings is 1. The maximum absolute atomic E-state index is 13.7. The highest BCUT2D eigenvalue weighted by molar-refractivity contribution is 5.95. The first-order chi connectivity index (χ1) is 25.1. The van der Waals surface area contributed by atoms with Crippen LogP contribution in [0.25, 0.3) is 0 Å². The molecule has 1 fully saturated rings. The number of hydrogen-bond donors (Lipinski definition) is 3. The Morgan fingerprint density at radius 1 is 1.17 bits per heavy atom. The summed E-state index contributed by atoms with van der Waals surface area (Å²) in [5.41, 5.74) is 0.668. The number of ketones is 1. The number of esters is 1. The summed E-state index contributed by atoms with van der Waals surface area (Å²) in [6, 6.07) is 3.42. The van der Waals surface area contributed by atoms with E-state index in [1.165, 1.54) is 35.3 Å². The maximum Gasteiger partial charge on any atom is 0.573 e. The van der Waals surface area contributed by atoms with E-state index in [4.69, 9.17) is 13.9 Å². The fourth-order valence-electron chi connectivity index (χ4n) is 5.75. The van der Waals surface area contributed by atoms with Gasteiger partial charge in [-0.05, 0) is 50.1 Å². The predicted molar refractivity (Wildman–Crippen MR) is 181 cm³/mol. The van der Waals surface area contributed by atoms with Crippen LogP contribution in [0.1, 0.15) is 56.4 Å². The molecule has 0 radical (unpaired) electrons. The van der Waals surface area contributed by atoms with Crippen molar-refractivity contribution in [2.24, 2.45) is 11.8 Å². The molecule has 1 aromatic heterocycles. The number of aliphatic hydroxyl groups is 1. The molecule has 3 heterocycles. The van der Waals surface area contributed by atoms with Crippen LogP contribution in [0.5, 0.6) is 5.75 Å². The van der Waals surface area contributed by atoms with E-state index in [0.29, 0.717) is 12.0 Å². The van der Waals surface area contributed by atoms with Crippen LogP contribution in [0.15, 0.2) is 70.9 Å². The monoisotopic (exact) mass is 746 g/mol. The molecule has 2 aliphatic rings. The van der Waals surface area contributed by atoms with Gasteiger partial charge >= 0.3 is 18.4 Å². The van der Waals surface area contributed by atoms with Gasteiger partial charge in [-0.25, -0.2) is 14.6 Å². The third-order valence-electron chi connectivity index (χ3n) is 8.27. The smallest absolute Gasteiger partial charge is 0.460 e. The standard InChI is InChI=1S/C36H41F3N4O10/c1-21-6-4-14-40-30(46)13-8-22(2)32(23(3)19-51-35(49)41-24-9-11-27(12-10-24)53-36(37,38)39)52-34(48)29-7-5-15-43(29)33(47)28-20-50-31(42-28)18-26(45)17-25(44)16-21/h4,6,8-13,16,20,22-23,25,29,32,44H,5,7,14-15,17-19H2,1-3H3,(H,40,46)(H,41,49)/b6-4?,13-8+,21-16?. The van der Waals surface area contributed by atoms with Crippen molar-refractivity contribution in [2.45, 2.75) is 71.1 Å². The second-order valence-corrected chi connectivity index (χ2v) is 12.7. The van der Waals surface area contributed by atoms with Gasteiger partial charge in [0.05, 0.1) is 19.1 Å². The number of alkyl halides is 3. The zero-order valence-corrected chi connectivity index (χ0v) is 29.3. The van der Waals surface area contributed by atoms with Crippen molar-refractivity contribution in [1.29, 1.82) is 0 Å². The van der Waals surface area contributed by atoms with Gasteiger partial charge in [0.2, 0.25) is 11.8 Å². The minimum Gasteiger partial charge on any atom is -0.460 e. The van der Waals surface area contributed by atoms with Crippen LogP contribution in [0, 0.1) is 11.8 Å². The zero-order valence-electron chi connectivity index (χ0n) is 29.3. The van der Waals surface area contributed by atoms with Gasteiger partial charge in [-0.1, -0.05) is 43.7 Å². The summed E-state index contributed by atoms with van der Waals surface area (Å²) < 4.78 is 57.9. The van der Waals surface area contributed by atoms with Crippen molar-refractivity contribution < 1.29 is 60.9 Å². The Bertz CT molecular complexity index is 1720. The van der Waals surface area contributed by atoms with E-state index in [2.05, 4.69) is 20.4 Å². The van der Waals surface area contributed by atoms with Crippen LogP contribution in [0.4, 0.5) is 23.7 Å². The molecule has 2 aliphatic heterocycles. The molecular weight excluding hydrogens is 705 g/mol. The van der Waals surface area contributed by atoms with Crippen molar-refractivity contribution in [3.8, 4) is 5.75 Å². The highest BCUT2D eigenvalue weighted by Gasteiger charge is 2.39. The Morgan fingerprint density at radius 2 is 1.91 bits per heavy atom. The number of rotatable bonds is 5. The molecule has 0 saturated carbocycles. The number of cyclic esters (lactones) is 1. The van der Waals surface area contributed by atoms with Crippen molar-refractivity contribution >= 4 is 35.3 Å². The number of halogens is 3. The molecule has 3 amide bonds. The SMILES string of the molecule is CC1=CC(O)CC(=O)Cc2nc(co2)C(=O)N2CCCC2C(=O)OC(C(C)COC(=O)Nc2ccc(OC(F)(F)F)cc2)C(C)/C=C/C(=O)NCC=C1. The number of fused-ring (bicyclic) bond motifs is 3. The van der Waals surface area contributed by atoms with Crippen LogP contribution in [0.2, 0.25) is 0 Å². The summed E-state index contributed by atoms with van der Waals surface area (Å²) in [5.74, 6) is -3.93. The summed E-state index contributed by atoms with van der Waals surface area (Å²) in [7, 11) is 0. The summed E-state index contributed by atoms with van der Waals surface area (Å²) in [4.78, 5) is 70.3. The van der Waals surface area contributed by atoms with Gasteiger partial charge in [0.15, 0.2) is 5.69 Å². The minimum absolute atomic E-state index is 0.0235. The van der Waals surface area contributed by atoms with E-state index >= 15 is 0 Å². The summed E-state index contributed by atoms with van der Waals surface area (Å²) >= 11 is 0. The van der Waals surface area contributed by atoms with Gasteiger partial charge in [-0.15, -0.1) is 13.2 Å². The number of carbonyl (C=O) groups excluding carboxylic acids is 5. The Balaban J connectivity index is 1.50. The molecule has 1 saturated heterocycles. The second kappa shape index (κ2) is 18.3. The quantitative estimate of drug-likeness (QED) is 0.362. The van der Waals surface area contributed by atoms with E-state index in [1.807, 2.05) is 0 Å². The lowest BCUT2D eigenvalue weighted by molar-refractivity contribution is -0.274. The van der Waals surface area contributed by atoms with Gasteiger partial charge in [-0.2, -0.15) is 0 Å². The molecule has 17 heteroatoms. The van der Waals surface area contributed by atoms with Gasteiger partial charge < -0.3 is 34.0 Å². The Labute approximate surface area is 303 Å². The number of Topliss-reactive ketones (excluding diaryl/α,β-unsaturated/α-hetero) is 1. The number of ether oxygens (including phenoxy) is 3. The number of anilines is 1. The van der Waals surface area contributed by atoms with Crippen LogP contribution < -0.4 is 15.4 Å². The molecule has 1 aromatic carbocycles. The number of amides is 3. The first-order valence-corrected chi connectivity index (χ1v) is 16.8. The van der Waals surface area contributed by atoms with E-state index in [0.717, 1.165) is 18.4 Å². The van der Waals surface area contributed by atoms with Gasteiger partial charge in [-0.3, -0.25) is 19.7 Å². The number of nitrogens with one attached hydrogen (secondary N) is 2. The molecule has 5 unspecified atom stereocenters. The Morgan fingerprint density at radius 3 is 2.62 bits per heavy atom. The lowest BCUT2D eigenvalue weighted by atomic mass is 9.93. The predicted octanol–water partition coefficient (Wildman–Crippen LogP) is 4.66. The minimum atomic E-state index is -4.87. The highest BCUT2D eigenvalue weighted by Crippen LogP contribution is 2.27. The van der Waals surface area contributed by atoms with E-state index in [1.54, 1.807) is 32.9 Å². The molecule has 2 aromatic rings. The molecule has 14 nitrogen and oxygen atoms in total. The largest absolute Gasteiger partial charge is 0.573 e. The number of aromatic nitrogens is 1. The van der Waals surface area contributed by atoms with Gasteiger partial charge in [0.1, 0.15) is 29.9 Å². The molecule has 2 bridgehead atoms. The molecule has 5 atom stereocenters. The topological polar surface area (TPSA) is 187 Å². The lowest BCUT2D eigenvalue weighted by Gasteiger charge is -2.30. The third-order valence-corrected chi connectivity index (χ3v) is 8.27. The number of aliphatic hydroxyl groups excluding tert-OH is 1. The van der Waals surface area contributed by atoms with Crippen molar-refractivity contribution in [3.63, 3.8) is 0 Å². The molecule has 53 heavy (non-hydrogen) atoms. The molecule has 0 spiro atoms. The summed E-state index contributed by atoms with van der Waals surface area (Å²) in [5, 5.41) is 15.4. The average molecular weight is 747 g/mol.